The van der Waals surface area contributed by atoms with Crippen molar-refractivity contribution < 1.29 is 4.74 Å². The van der Waals surface area contributed by atoms with Crippen molar-refractivity contribution in [2.45, 2.75) is 90.9 Å². The minimum Gasteiger partial charge on any atom is -0.494 e. The van der Waals surface area contributed by atoms with E-state index in [4.69, 9.17) is 4.74 Å². The molecule has 2 aromatic rings. The molecule has 2 rings (SSSR count). The summed E-state index contributed by atoms with van der Waals surface area (Å²) in [6, 6.07) is 8.15. The van der Waals surface area contributed by atoms with Gasteiger partial charge in [0.25, 0.3) is 0 Å². The summed E-state index contributed by atoms with van der Waals surface area (Å²) in [5.41, 5.74) is 2.28. The molecule has 0 amide bonds. The summed E-state index contributed by atoms with van der Waals surface area (Å²) in [6.07, 6.45) is 23.4. The van der Waals surface area contributed by atoms with Crippen molar-refractivity contribution in [2.24, 2.45) is 0 Å². The van der Waals surface area contributed by atoms with Gasteiger partial charge in [-0.15, -0.1) is 0 Å². The van der Waals surface area contributed by atoms with E-state index in [1.165, 1.54) is 69.8 Å². The third-order valence-corrected chi connectivity index (χ3v) is 5.41. The van der Waals surface area contributed by atoms with Crippen molar-refractivity contribution >= 4 is 0 Å². The zero-order valence-electron chi connectivity index (χ0n) is 19.1. The number of allylic oxidation sites excluding steroid dienone is 2. The zero-order chi connectivity index (χ0) is 21.3. The maximum atomic E-state index is 5.87. The molecule has 1 aromatic carbocycles. The van der Waals surface area contributed by atoms with Crippen LogP contribution in [0.4, 0.5) is 0 Å². The molecule has 1 aromatic heterocycles. The molecule has 0 aliphatic heterocycles. The molecule has 0 bridgehead atoms. The van der Waals surface area contributed by atoms with Crippen LogP contribution >= 0.6 is 0 Å². The van der Waals surface area contributed by atoms with E-state index in [0.29, 0.717) is 0 Å². The van der Waals surface area contributed by atoms with E-state index in [1.807, 2.05) is 24.5 Å². The third kappa shape index (κ3) is 10.0. The summed E-state index contributed by atoms with van der Waals surface area (Å²) in [5.74, 6) is 1.71. The second-order valence-electron chi connectivity index (χ2n) is 8.08. The van der Waals surface area contributed by atoms with Gasteiger partial charge in [-0.05, 0) is 68.9 Å². The number of unbranched alkanes of at least 4 members (excludes halogenated alkanes) is 9. The van der Waals surface area contributed by atoms with Crippen molar-refractivity contribution in [1.82, 2.24) is 9.97 Å². The second kappa shape index (κ2) is 15.6. The van der Waals surface area contributed by atoms with Gasteiger partial charge in [-0.3, -0.25) is 0 Å². The third-order valence-electron chi connectivity index (χ3n) is 5.41. The van der Waals surface area contributed by atoms with Crippen molar-refractivity contribution in [2.75, 3.05) is 6.61 Å². The summed E-state index contributed by atoms with van der Waals surface area (Å²) in [6.45, 7) is 5.12. The van der Waals surface area contributed by atoms with Gasteiger partial charge in [0, 0.05) is 18.0 Å². The van der Waals surface area contributed by atoms with Gasteiger partial charge in [0.05, 0.1) is 6.61 Å². The maximum Gasteiger partial charge on any atom is 0.159 e. The lowest BCUT2D eigenvalue weighted by Gasteiger charge is -2.07. The Kier molecular flexibility index (Phi) is 12.6. The first-order chi connectivity index (χ1) is 14.8. The van der Waals surface area contributed by atoms with Crippen molar-refractivity contribution in [3.63, 3.8) is 0 Å². The average molecular weight is 409 g/mol. The van der Waals surface area contributed by atoms with Crippen LogP contribution in [-0.2, 0) is 6.42 Å². The number of rotatable bonds is 16. The molecular formula is C27H40N2O. The van der Waals surface area contributed by atoms with Crippen LogP contribution < -0.4 is 4.74 Å². The van der Waals surface area contributed by atoms with Crippen LogP contribution in [0, 0.1) is 0 Å². The molecule has 0 fully saturated rings. The highest BCUT2D eigenvalue weighted by atomic mass is 16.5. The molecule has 1 heterocycles. The van der Waals surface area contributed by atoms with E-state index >= 15 is 0 Å². The monoisotopic (exact) mass is 408 g/mol. The van der Waals surface area contributed by atoms with E-state index in [1.54, 1.807) is 0 Å². The van der Waals surface area contributed by atoms with E-state index in [0.717, 1.165) is 36.6 Å². The quantitative estimate of drug-likeness (QED) is 0.209. The standard InChI is InChI=1S/C27H40N2O/c1-3-5-7-9-11-13-15-21-30-26-19-17-25(18-20-26)27-28-22-24(23-29-27)16-14-12-10-8-6-4-2/h3,5,17-20,22-23H,4,6-16,21H2,1-2H3. The first-order valence-electron chi connectivity index (χ1n) is 12.0. The average Bonchev–Trinajstić information content (AvgIpc) is 2.79. The Balaban J connectivity index is 1.66. The zero-order valence-corrected chi connectivity index (χ0v) is 19.1. The Hall–Kier alpha value is -2.16. The number of benzene rings is 1. The first kappa shape index (κ1) is 24.1. The van der Waals surface area contributed by atoms with Gasteiger partial charge in [0.1, 0.15) is 5.75 Å². The first-order valence-corrected chi connectivity index (χ1v) is 12.0. The molecule has 0 spiro atoms. The normalized spacial score (nSPS) is 11.3. The summed E-state index contributed by atoms with van der Waals surface area (Å²) >= 11 is 0. The number of aromatic nitrogens is 2. The molecule has 0 saturated heterocycles. The smallest absolute Gasteiger partial charge is 0.159 e. The minimum atomic E-state index is 0.784. The Labute approximate surface area is 184 Å². The Morgan fingerprint density at radius 1 is 0.800 bits per heavy atom. The van der Waals surface area contributed by atoms with E-state index in [-0.39, 0.29) is 0 Å². The van der Waals surface area contributed by atoms with E-state index < -0.39 is 0 Å². The largest absolute Gasteiger partial charge is 0.494 e. The number of ether oxygens (including phenoxy) is 1. The van der Waals surface area contributed by atoms with Gasteiger partial charge in [-0.2, -0.15) is 0 Å². The van der Waals surface area contributed by atoms with Crippen LogP contribution in [0.25, 0.3) is 11.4 Å². The number of nitrogens with zero attached hydrogens (tertiary/aromatic N) is 2. The molecular weight excluding hydrogens is 368 g/mol. The lowest BCUT2D eigenvalue weighted by Crippen LogP contribution is -1.97. The summed E-state index contributed by atoms with van der Waals surface area (Å²) in [5, 5.41) is 0. The predicted octanol–water partition coefficient (Wildman–Crippen LogP) is 7.95. The fraction of sp³-hybridized carbons (Fsp3) is 0.556. The van der Waals surface area contributed by atoms with Crippen LogP contribution in [0.5, 0.6) is 5.75 Å². The minimum absolute atomic E-state index is 0.784. The van der Waals surface area contributed by atoms with Crippen LogP contribution in [0.2, 0.25) is 0 Å². The second-order valence-corrected chi connectivity index (χ2v) is 8.08. The molecule has 3 heteroatoms. The van der Waals surface area contributed by atoms with Crippen LogP contribution in [0.3, 0.4) is 0 Å². The molecule has 0 atom stereocenters. The van der Waals surface area contributed by atoms with Gasteiger partial charge in [0.15, 0.2) is 5.82 Å². The van der Waals surface area contributed by atoms with Gasteiger partial charge < -0.3 is 4.74 Å². The number of aryl methyl sites for hydroxylation is 1. The lowest BCUT2D eigenvalue weighted by atomic mass is 10.1. The van der Waals surface area contributed by atoms with Crippen molar-refractivity contribution in [3.8, 4) is 17.1 Å². The lowest BCUT2D eigenvalue weighted by molar-refractivity contribution is 0.305. The van der Waals surface area contributed by atoms with E-state index in [2.05, 4.69) is 48.1 Å². The highest BCUT2D eigenvalue weighted by molar-refractivity contribution is 5.55. The molecule has 0 N–H and O–H groups in total. The van der Waals surface area contributed by atoms with Gasteiger partial charge >= 0.3 is 0 Å². The molecule has 164 valence electrons. The molecule has 0 saturated carbocycles. The Morgan fingerprint density at radius 3 is 2.20 bits per heavy atom. The van der Waals surface area contributed by atoms with Gasteiger partial charge in [-0.1, -0.05) is 64.0 Å². The predicted molar refractivity (Wildman–Crippen MR) is 128 cm³/mol. The molecule has 0 aliphatic rings. The Morgan fingerprint density at radius 2 is 1.47 bits per heavy atom. The fourth-order valence-corrected chi connectivity index (χ4v) is 3.52. The van der Waals surface area contributed by atoms with Crippen molar-refractivity contribution in [3.05, 3.63) is 54.4 Å². The summed E-state index contributed by atoms with van der Waals surface area (Å²) < 4.78 is 5.87. The highest BCUT2D eigenvalue weighted by Gasteiger charge is 2.03. The van der Waals surface area contributed by atoms with Gasteiger partial charge in [0.2, 0.25) is 0 Å². The maximum absolute atomic E-state index is 5.87. The Bertz CT molecular complexity index is 692. The summed E-state index contributed by atoms with van der Waals surface area (Å²) in [7, 11) is 0. The summed E-state index contributed by atoms with van der Waals surface area (Å²) in [4.78, 5) is 9.13. The number of hydrogen-bond donors (Lipinski definition) is 0. The SMILES string of the molecule is CC=CCCCCCCOc1ccc(-c2ncc(CCCCCCCC)cn2)cc1. The van der Waals surface area contributed by atoms with Crippen molar-refractivity contribution in [1.29, 1.82) is 0 Å². The molecule has 0 aliphatic carbocycles. The fourth-order valence-electron chi connectivity index (χ4n) is 3.52. The molecule has 30 heavy (non-hydrogen) atoms. The van der Waals surface area contributed by atoms with Crippen LogP contribution in [-0.4, -0.2) is 16.6 Å². The van der Waals surface area contributed by atoms with Crippen LogP contribution in [0.1, 0.15) is 90.0 Å². The highest BCUT2D eigenvalue weighted by Crippen LogP contribution is 2.20. The van der Waals surface area contributed by atoms with Crippen LogP contribution in [0.15, 0.2) is 48.8 Å². The molecule has 3 nitrogen and oxygen atoms in total. The topological polar surface area (TPSA) is 35.0 Å². The van der Waals surface area contributed by atoms with E-state index in [9.17, 15) is 0 Å². The molecule has 0 unspecified atom stereocenters. The number of hydrogen-bond acceptors (Lipinski definition) is 3. The van der Waals surface area contributed by atoms with Gasteiger partial charge in [-0.25, -0.2) is 9.97 Å². The molecule has 0 radical (unpaired) electrons.